The van der Waals surface area contributed by atoms with Gasteiger partial charge in [0.25, 0.3) is 0 Å². The summed E-state index contributed by atoms with van der Waals surface area (Å²) in [6.07, 6.45) is -4.23. The van der Waals surface area contributed by atoms with E-state index in [9.17, 15) is 34.8 Å². The summed E-state index contributed by atoms with van der Waals surface area (Å²) < 4.78 is 106. The highest BCUT2D eigenvalue weighted by Crippen LogP contribution is 2.35. The fourth-order valence-electron chi connectivity index (χ4n) is 2.68. The van der Waals surface area contributed by atoms with Gasteiger partial charge in [-0.3, -0.25) is 0 Å². The van der Waals surface area contributed by atoms with E-state index in [1.807, 2.05) is 0 Å². The fourth-order valence-corrected chi connectivity index (χ4v) is 3.41. The number of alkyl halides is 3. The Labute approximate surface area is 161 Å². The Bertz CT molecular complexity index is 1220. The van der Waals surface area contributed by atoms with E-state index in [1.165, 1.54) is 13.0 Å². The number of sulfone groups is 1. The molecule has 1 heterocycles. The van der Waals surface area contributed by atoms with Crippen LogP contribution in [0.15, 0.2) is 41.3 Å². The molecule has 0 saturated heterocycles. The van der Waals surface area contributed by atoms with Crippen LogP contribution in [0.4, 0.5) is 26.3 Å². The number of hydrogen-bond donors (Lipinski definition) is 0. The van der Waals surface area contributed by atoms with E-state index in [-0.39, 0.29) is 11.3 Å². The highest BCUT2D eigenvalue weighted by Gasteiger charge is 2.36. The van der Waals surface area contributed by atoms with E-state index < -0.39 is 55.3 Å². The fraction of sp³-hybridized carbons (Fsp3) is 0.167. The van der Waals surface area contributed by atoms with Crippen LogP contribution in [0, 0.1) is 24.4 Å². The molecule has 2 aromatic carbocycles. The Kier molecular flexibility index (Phi) is 4.98. The SMILES string of the molecule is Cc1cc(-n2nc(C(F)(F)F)cc2-c2cc(F)c(S(C)(=O)=O)cc2F)ccc1F. The summed E-state index contributed by atoms with van der Waals surface area (Å²) in [5, 5.41) is 3.40. The van der Waals surface area contributed by atoms with Gasteiger partial charge >= 0.3 is 6.18 Å². The van der Waals surface area contributed by atoms with Crippen LogP contribution in [-0.2, 0) is 16.0 Å². The van der Waals surface area contributed by atoms with Crippen molar-refractivity contribution >= 4 is 9.84 Å². The summed E-state index contributed by atoms with van der Waals surface area (Å²) in [6.45, 7) is 1.37. The van der Waals surface area contributed by atoms with Crippen molar-refractivity contribution < 1.29 is 34.8 Å². The molecule has 0 aliphatic carbocycles. The first-order valence-corrected chi connectivity index (χ1v) is 9.81. The molecule has 0 spiro atoms. The van der Waals surface area contributed by atoms with E-state index in [4.69, 9.17) is 0 Å². The lowest BCUT2D eigenvalue weighted by atomic mass is 10.1. The van der Waals surface area contributed by atoms with Gasteiger partial charge in [0.2, 0.25) is 0 Å². The van der Waals surface area contributed by atoms with Gasteiger partial charge < -0.3 is 0 Å². The zero-order chi connectivity index (χ0) is 21.7. The third-order valence-corrected chi connectivity index (χ3v) is 5.19. The molecule has 0 amide bonds. The summed E-state index contributed by atoms with van der Waals surface area (Å²) in [5.41, 5.74) is -2.45. The second-order valence-electron chi connectivity index (χ2n) is 6.29. The third-order valence-electron chi connectivity index (χ3n) is 4.08. The van der Waals surface area contributed by atoms with Crippen LogP contribution in [0.1, 0.15) is 11.3 Å². The highest BCUT2D eigenvalue weighted by molar-refractivity contribution is 7.90. The number of hydrogen-bond acceptors (Lipinski definition) is 3. The molecule has 11 heteroatoms. The van der Waals surface area contributed by atoms with Crippen LogP contribution in [0.25, 0.3) is 16.9 Å². The molecular weight excluding hydrogens is 422 g/mol. The molecule has 3 rings (SSSR count). The molecule has 0 unspecified atom stereocenters. The number of nitrogens with zero attached hydrogens (tertiary/aromatic N) is 2. The van der Waals surface area contributed by atoms with Crippen molar-refractivity contribution in [1.82, 2.24) is 9.78 Å². The molecule has 0 atom stereocenters. The number of halogens is 6. The van der Waals surface area contributed by atoms with E-state index in [2.05, 4.69) is 5.10 Å². The van der Waals surface area contributed by atoms with Gasteiger partial charge in [-0.2, -0.15) is 18.3 Å². The van der Waals surface area contributed by atoms with E-state index >= 15 is 0 Å². The maximum absolute atomic E-state index is 14.6. The lowest BCUT2D eigenvalue weighted by Gasteiger charge is -2.11. The first kappa shape index (κ1) is 20.9. The monoisotopic (exact) mass is 434 g/mol. The maximum Gasteiger partial charge on any atom is 0.435 e. The smallest absolute Gasteiger partial charge is 0.232 e. The van der Waals surface area contributed by atoms with Crippen LogP contribution in [0.2, 0.25) is 0 Å². The predicted molar refractivity (Wildman–Crippen MR) is 91.7 cm³/mol. The summed E-state index contributed by atoms with van der Waals surface area (Å²) in [4.78, 5) is -0.932. The lowest BCUT2D eigenvalue weighted by Crippen LogP contribution is -2.08. The number of aromatic nitrogens is 2. The largest absolute Gasteiger partial charge is 0.435 e. The molecule has 3 aromatic rings. The molecule has 4 nitrogen and oxygen atoms in total. The Morgan fingerprint density at radius 1 is 0.931 bits per heavy atom. The number of aryl methyl sites for hydroxylation is 1. The molecule has 0 aliphatic heterocycles. The molecule has 0 saturated carbocycles. The first-order chi connectivity index (χ1) is 13.3. The second kappa shape index (κ2) is 6.90. The van der Waals surface area contributed by atoms with Crippen molar-refractivity contribution in [2.45, 2.75) is 18.0 Å². The normalized spacial score (nSPS) is 12.4. The van der Waals surface area contributed by atoms with Crippen molar-refractivity contribution in [2.75, 3.05) is 6.26 Å². The minimum Gasteiger partial charge on any atom is -0.232 e. The van der Waals surface area contributed by atoms with E-state index in [0.29, 0.717) is 29.1 Å². The molecule has 29 heavy (non-hydrogen) atoms. The predicted octanol–water partition coefficient (Wildman–Crippen LogP) is 4.69. The molecular formula is C18H12F6N2O2S. The van der Waals surface area contributed by atoms with Crippen molar-refractivity contribution in [3.8, 4) is 16.9 Å². The van der Waals surface area contributed by atoms with Crippen LogP contribution in [-0.4, -0.2) is 24.5 Å². The van der Waals surface area contributed by atoms with Gasteiger partial charge in [-0.05, 0) is 48.9 Å². The van der Waals surface area contributed by atoms with Crippen molar-refractivity contribution in [1.29, 1.82) is 0 Å². The van der Waals surface area contributed by atoms with E-state index in [0.717, 1.165) is 12.1 Å². The van der Waals surface area contributed by atoms with Gasteiger partial charge in [0.15, 0.2) is 15.5 Å². The summed E-state index contributed by atoms with van der Waals surface area (Å²) in [6, 6.07) is 4.67. The molecule has 154 valence electrons. The lowest BCUT2D eigenvalue weighted by molar-refractivity contribution is -0.141. The summed E-state index contributed by atoms with van der Waals surface area (Å²) in [7, 11) is -4.10. The molecule has 0 N–H and O–H groups in total. The minimum atomic E-state index is -4.89. The van der Waals surface area contributed by atoms with Crippen molar-refractivity contribution in [2.24, 2.45) is 0 Å². The van der Waals surface area contributed by atoms with Gasteiger partial charge in [0, 0.05) is 11.8 Å². The molecule has 0 radical (unpaired) electrons. The van der Waals surface area contributed by atoms with E-state index in [1.54, 1.807) is 0 Å². The first-order valence-electron chi connectivity index (χ1n) is 7.92. The van der Waals surface area contributed by atoms with Gasteiger partial charge in [-0.25, -0.2) is 26.3 Å². The average Bonchev–Trinajstić information content (AvgIpc) is 3.03. The zero-order valence-electron chi connectivity index (χ0n) is 14.9. The summed E-state index contributed by atoms with van der Waals surface area (Å²) >= 11 is 0. The standard InChI is InChI=1S/C18H12F6N2O2S/c1-9-5-10(3-4-12(9)19)26-15(8-17(25-26)18(22,23)24)11-6-14(21)16(7-13(11)20)29(2,27)28/h3-8H,1-2H3. The topological polar surface area (TPSA) is 52.0 Å². The van der Waals surface area contributed by atoms with Crippen LogP contribution in [0.3, 0.4) is 0 Å². The molecule has 0 bridgehead atoms. The summed E-state index contributed by atoms with van der Waals surface area (Å²) in [5.74, 6) is -3.21. The van der Waals surface area contributed by atoms with Gasteiger partial charge in [-0.1, -0.05) is 0 Å². The Hall–Kier alpha value is -2.82. The van der Waals surface area contributed by atoms with Crippen molar-refractivity contribution in [3.63, 3.8) is 0 Å². The highest BCUT2D eigenvalue weighted by atomic mass is 32.2. The number of rotatable bonds is 3. The quantitative estimate of drug-likeness (QED) is 0.563. The van der Waals surface area contributed by atoms with Crippen LogP contribution in [0.5, 0.6) is 0 Å². The zero-order valence-corrected chi connectivity index (χ0v) is 15.7. The molecule has 0 fully saturated rings. The van der Waals surface area contributed by atoms with Gasteiger partial charge in [-0.15, -0.1) is 0 Å². The molecule has 0 aliphatic rings. The molecule has 1 aromatic heterocycles. The maximum atomic E-state index is 14.6. The Morgan fingerprint density at radius 2 is 1.59 bits per heavy atom. The van der Waals surface area contributed by atoms with Crippen molar-refractivity contribution in [3.05, 3.63) is 65.1 Å². The third kappa shape index (κ3) is 4.00. The van der Waals surface area contributed by atoms with Crippen LogP contribution >= 0.6 is 0 Å². The number of benzene rings is 2. The minimum absolute atomic E-state index is 0.0265. The average molecular weight is 434 g/mol. The Balaban J connectivity index is 2.30. The van der Waals surface area contributed by atoms with Gasteiger partial charge in [0.05, 0.1) is 11.4 Å². The Morgan fingerprint density at radius 3 is 2.14 bits per heavy atom. The van der Waals surface area contributed by atoms with Gasteiger partial charge in [0.1, 0.15) is 22.3 Å². The van der Waals surface area contributed by atoms with Crippen LogP contribution < -0.4 is 0 Å². The second-order valence-corrected chi connectivity index (χ2v) is 8.28.